The van der Waals surface area contributed by atoms with Crippen LogP contribution in [0, 0.1) is 0 Å². The van der Waals surface area contributed by atoms with E-state index in [1.165, 1.54) is 12.1 Å². The molecule has 1 N–H and O–H groups in total. The predicted molar refractivity (Wildman–Crippen MR) is 88.5 cm³/mol. The molecule has 0 fully saturated rings. The van der Waals surface area contributed by atoms with Gasteiger partial charge >= 0.3 is 6.18 Å². The first-order chi connectivity index (χ1) is 11.9. The van der Waals surface area contributed by atoms with Crippen molar-refractivity contribution in [3.8, 4) is 0 Å². The first-order valence-electron chi connectivity index (χ1n) is 7.43. The van der Waals surface area contributed by atoms with Crippen molar-refractivity contribution >= 4 is 17.2 Å². The van der Waals surface area contributed by atoms with E-state index >= 15 is 0 Å². The number of carbonyl (C=O) groups excluding carboxylic acids is 1. The zero-order valence-electron chi connectivity index (χ0n) is 12.9. The molecule has 0 saturated carbocycles. The van der Waals surface area contributed by atoms with Crippen molar-refractivity contribution in [3.63, 3.8) is 0 Å². The van der Waals surface area contributed by atoms with Crippen molar-refractivity contribution in [1.82, 2.24) is 15.1 Å². The Kier molecular flexibility index (Phi) is 4.89. The van der Waals surface area contributed by atoms with Gasteiger partial charge in [0.25, 0.3) is 5.91 Å². The van der Waals surface area contributed by atoms with Crippen LogP contribution in [-0.4, -0.2) is 22.2 Å². The van der Waals surface area contributed by atoms with Gasteiger partial charge in [-0.15, -0.1) is 11.3 Å². The Balaban J connectivity index is 1.70. The van der Waals surface area contributed by atoms with Crippen molar-refractivity contribution in [3.05, 3.63) is 76.2 Å². The summed E-state index contributed by atoms with van der Waals surface area (Å²) in [6.07, 6.45) is -0.966. The van der Waals surface area contributed by atoms with Crippen LogP contribution in [0.2, 0.25) is 0 Å². The number of aromatic nitrogens is 2. The molecule has 130 valence electrons. The van der Waals surface area contributed by atoms with E-state index in [0.29, 0.717) is 0 Å². The van der Waals surface area contributed by atoms with E-state index in [1.807, 2.05) is 17.5 Å². The normalized spacial score (nSPS) is 12.8. The van der Waals surface area contributed by atoms with E-state index in [-0.39, 0.29) is 18.2 Å². The van der Waals surface area contributed by atoms with E-state index in [1.54, 1.807) is 34.5 Å². The van der Waals surface area contributed by atoms with E-state index in [9.17, 15) is 18.0 Å². The largest absolute Gasteiger partial charge is 0.416 e. The van der Waals surface area contributed by atoms with Gasteiger partial charge in [0.05, 0.1) is 5.56 Å². The molecule has 2 heterocycles. The number of hydrogen-bond acceptors (Lipinski definition) is 3. The molecule has 0 radical (unpaired) electrons. The standard InChI is InChI=1S/C17H14F3N3OS/c18-17(19,20)13-6-4-12(5-7-13)16(24)21-11-14(15-3-1-10-25-15)23-9-2-8-22-23/h1-10,14H,11H2,(H,21,24). The second-order valence-corrected chi connectivity index (χ2v) is 6.28. The van der Waals surface area contributed by atoms with E-state index in [0.717, 1.165) is 17.0 Å². The van der Waals surface area contributed by atoms with Gasteiger partial charge in [-0.25, -0.2) is 0 Å². The molecule has 0 aliphatic rings. The number of rotatable bonds is 5. The smallest absolute Gasteiger partial charge is 0.350 e. The molecule has 0 aliphatic heterocycles. The summed E-state index contributed by atoms with van der Waals surface area (Å²) in [6.45, 7) is 0.280. The maximum atomic E-state index is 12.6. The zero-order valence-corrected chi connectivity index (χ0v) is 13.7. The molecule has 0 saturated heterocycles. The Morgan fingerprint density at radius 3 is 2.52 bits per heavy atom. The van der Waals surface area contributed by atoms with Gasteiger partial charge in [-0.05, 0) is 41.8 Å². The molecule has 3 rings (SSSR count). The van der Waals surface area contributed by atoms with Gasteiger partial charge in [0.1, 0.15) is 6.04 Å². The highest BCUT2D eigenvalue weighted by Gasteiger charge is 2.30. The molecule has 1 unspecified atom stereocenters. The summed E-state index contributed by atoms with van der Waals surface area (Å²) in [6, 6.07) is 9.62. The molecular formula is C17H14F3N3OS. The number of nitrogens with zero attached hydrogens (tertiary/aromatic N) is 2. The molecule has 0 aliphatic carbocycles. The number of nitrogens with one attached hydrogen (secondary N) is 1. The summed E-state index contributed by atoms with van der Waals surface area (Å²) in [4.78, 5) is 13.3. The SMILES string of the molecule is O=C(NCC(c1cccs1)n1cccn1)c1ccc(C(F)(F)F)cc1. The fraction of sp³-hybridized carbons (Fsp3) is 0.176. The quantitative estimate of drug-likeness (QED) is 0.743. The average molecular weight is 365 g/mol. The van der Waals surface area contributed by atoms with Gasteiger partial charge in [-0.1, -0.05) is 6.07 Å². The zero-order chi connectivity index (χ0) is 17.9. The van der Waals surface area contributed by atoms with Crippen LogP contribution in [0.15, 0.2) is 60.2 Å². The molecular weight excluding hydrogens is 351 g/mol. The van der Waals surface area contributed by atoms with Crippen LogP contribution < -0.4 is 5.32 Å². The monoisotopic (exact) mass is 365 g/mol. The van der Waals surface area contributed by atoms with Crippen LogP contribution in [0.5, 0.6) is 0 Å². The molecule has 25 heavy (non-hydrogen) atoms. The lowest BCUT2D eigenvalue weighted by Gasteiger charge is -2.17. The summed E-state index contributed by atoms with van der Waals surface area (Å²) in [7, 11) is 0. The molecule has 1 aromatic carbocycles. The number of hydrogen-bond donors (Lipinski definition) is 1. The highest BCUT2D eigenvalue weighted by molar-refractivity contribution is 7.10. The third kappa shape index (κ3) is 4.08. The van der Waals surface area contributed by atoms with Gasteiger partial charge in [-0.2, -0.15) is 18.3 Å². The van der Waals surface area contributed by atoms with Crippen LogP contribution in [0.4, 0.5) is 13.2 Å². The summed E-state index contributed by atoms with van der Waals surface area (Å²) in [5.41, 5.74) is -0.601. The topological polar surface area (TPSA) is 46.9 Å². The number of carbonyl (C=O) groups is 1. The number of benzene rings is 1. The Labute approximate surface area is 145 Å². The minimum absolute atomic E-state index is 0.173. The Bertz CT molecular complexity index is 778. The minimum Gasteiger partial charge on any atom is -0.350 e. The maximum Gasteiger partial charge on any atom is 0.416 e. The van der Waals surface area contributed by atoms with Crippen molar-refractivity contribution < 1.29 is 18.0 Å². The number of amides is 1. The minimum atomic E-state index is -4.42. The molecule has 1 amide bonds. The van der Waals surface area contributed by atoms with Crippen molar-refractivity contribution in [2.24, 2.45) is 0 Å². The lowest BCUT2D eigenvalue weighted by atomic mass is 10.1. The summed E-state index contributed by atoms with van der Waals surface area (Å²) < 4.78 is 39.5. The highest BCUT2D eigenvalue weighted by Crippen LogP contribution is 2.29. The van der Waals surface area contributed by atoms with Gasteiger partial charge in [0.15, 0.2) is 0 Å². The van der Waals surface area contributed by atoms with Gasteiger partial charge in [-0.3, -0.25) is 9.48 Å². The first kappa shape index (κ1) is 17.2. The maximum absolute atomic E-state index is 12.6. The molecule has 0 spiro atoms. The van der Waals surface area contributed by atoms with E-state index < -0.39 is 17.6 Å². The highest BCUT2D eigenvalue weighted by atomic mass is 32.1. The Hall–Kier alpha value is -2.61. The predicted octanol–water partition coefficient (Wildman–Crippen LogP) is 3.98. The van der Waals surface area contributed by atoms with E-state index in [4.69, 9.17) is 0 Å². The third-order valence-corrected chi connectivity index (χ3v) is 4.62. The van der Waals surface area contributed by atoms with Crippen LogP contribution in [0.3, 0.4) is 0 Å². The number of thiophene rings is 1. The summed E-state index contributed by atoms with van der Waals surface area (Å²) in [5, 5.41) is 8.90. The third-order valence-electron chi connectivity index (χ3n) is 3.65. The van der Waals surface area contributed by atoms with Crippen molar-refractivity contribution in [2.75, 3.05) is 6.54 Å². The van der Waals surface area contributed by atoms with Crippen molar-refractivity contribution in [1.29, 1.82) is 0 Å². The van der Waals surface area contributed by atoms with Crippen LogP contribution in [0.25, 0.3) is 0 Å². The number of halogens is 3. The molecule has 0 bridgehead atoms. The van der Waals surface area contributed by atoms with Crippen LogP contribution in [0.1, 0.15) is 26.8 Å². The fourth-order valence-corrected chi connectivity index (χ4v) is 3.19. The van der Waals surface area contributed by atoms with Gasteiger partial charge < -0.3 is 5.32 Å². The Morgan fingerprint density at radius 1 is 1.20 bits per heavy atom. The number of alkyl halides is 3. The second-order valence-electron chi connectivity index (χ2n) is 5.30. The lowest BCUT2D eigenvalue weighted by Crippen LogP contribution is -2.31. The van der Waals surface area contributed by atoms with Gasteiger partial charge in [0.2, 0.25) is 0 Å². The Morgan fingerprint density at radius 2 is 1.96 bits per heavy atom. The molecule has 4 nitrogen and oxygen atoms in total. The fourth-order valence-electron chi connectivity index (χ4n) is 2.37. The lowest BCUT2D eigenvalue weighted by molar-refractivity contribution is -0.137. The summed E-state index contributed by atoms with van der Waals surface area (Å²) >= 11 is 1.54. The molecule has 2 aromatic heterocycles. The molecule has 1 atom stereocenters. The van der Waals surface area contributed by atoms with E-state index in [2.05, 4.69) is 10.4 Å². The van der Waals surface area contributed by atoms with Crippen LogP contribution >= 0.6 is 11.3 Å². The van der Waals surface area contributed by atoms with Crippen molar-refractivity contribution in [2.45, 2.75) is 12.2 Å². The average Bonchev–Trinajstić information content (AvgIpc) is 3.28. The molecule has 3 aromatic rings. The molecule has 8 heteroatoms. The summed E-state index contributed by atoms with van der Waals surface area (Å²) in [5.74, 6) is -0.428. The second kappa shape index (κ2) is 7.10. The van der Waals surface area contributed by atoms with Gasteiger partial charge in [0, 0.05) is 29.4 Å². The first-order valence-corrected chi connectivity index (χ1v) is 8.31. The van der Waals surface area contributed by atoms with Crippen LogP contribution in [-0.2, 0) is 6.18 Å².